The van der Waals surface area contributed by atoms with Crippen molar-refractivity contribution in [3.63, 3.8) is 0 Å². The lowest BCUT2D eigenvalue weighted by Crippen LogP contribution is -2.54. The molecular formula is C21H35N5O2. The highest BCUT2D eigenvalue weighted by Gasteiger charge is 2.24. The van der Waals surface area contributed by atoms with Crippen molar-refractivity contribution >= 4 is 11.9 Å². The minimum atomic E-state index is 0.291. The van der Waals surface area contributed by atoms with Crippen LogP contribution in [0.3, 0.4) is 0 Å². The van der Waals surface area contributed by atoms with Gasteiger partial charge in [-0.3, -0.25) is 14.7 Å². The van der Waals surface area contributed by atoms with Crippen molar-refractivity contribution in [1.82, 2.24) is 20.0 Å². The fourth-order valence-electron chi connectivity index (χ4n) is 3.74. The second kappa shape index (κ2) is 11.1. The molecule has 1 N–H and O–H groups in total. The van der Waals surface area contributed by atoms with E-state index < -0.39 is 0 Å². The summed E-state index contributed by atoms with van der Waals surface area (Å²) in [6.45, 7) is 9.92. The number of rotatable bonds is 8. The SMILES string of the molecule is CCCCN=C(NCCc1ccco1)N1CCN(CC(=O)N2CCCC2)CC1. The minimum Gasteiger partial charge on any atom is -0.469 e. The summed E-state index contributed by atoms with van der Waals surface area (Å²) in [6, 6.07) is 3.93. The molecule has 1 aromatic rings. The Balaban J connectivity index is 1.45. The first kappa shape index (κ1) is 20.7. The number of carbonyl (C=O) groups is 1. The number of guanidine groups is 1. The molecule has 2 aliphatic heterocycles. The lowest BCUT2D eigenvalue weighted by Gasteiger charge is -2.36. The molecule has 1 amide bonds. The van der Waals surface area contributed by atoms with Crippen LogP contribution in [-0.4, -0.2) is 85.5 Å². The van der Waals surface area contributed by atoms with Gasteiger partial charge < -0.3 is 19.5 Å². The number of furan rings is 1. The smallest absolute Gasteiger partial charge is 0.236 e. The molecule has 3 rings (SSSR count). The van der Waals surface area contributed by atoms with E-state index in [-0.39, 0.29) is 0 Å². The molecule has 7 heteroatoms. The summed E-state index contributed by atoms with van der Waals surface area (Å²) in [5.74, 6) is 2.27. The average molecular weight is 390 g/mol. The minimum absolute atomic E-state index is 0.291. The number of unbranched alkanes of at least 4 members (excludes halogenated alkanes) is 1. The fourth-order valence-corrected chi connectivity index (χ4v) is 3.74. The zero-order valence-corrected chi connectivity index (χ0v) is 17.2. The molecule has 0 bridgehead atoms. The van der Waals surface area contributed by atoms with Crippen LogP contribution in [0.1, 0.15) is 38.4 Å². The Kier molecular flexibility index (Phi) is 8.21. The maximum Gasteiger partial charge on any atom is 0.236 e. The van der Waals surface area contributed by atoms with Crippen molar-refractivity contribution in [3.05, 3.63) is 24.2 Å². The van der Waals surface area contributed by atoms with Gasteiger partial charge in [0.05, 0.1) is 12.8 Å². The Labute approximate surface area is 168 Å². The molecule has 0 radical (unpaired) electrons. The number of hydrogen-bond acceptors (Lipinski definition) is 4. The Hall–Kier alpha value is -2.02. The maximum absolute atomic E-state index is 12.4. The van der Waals surface area contributed by atoms with Crippen molar-refractivity contribution in [1.29, 1.82) is 0 Å². The molecule has 0 aromatic carbocycles. The van der Waals surface area contributed by atoms with E-state index in [2.05, 4.69) is 22.0 Å². The third kappa shape index (κ3) is 6.26. The Morgan fingerprint density at radius 2 is 1.93 bits per heavy atom. The van der Waals surface area contributed by atoms with Gasteiger partial charge in [-0.05, 0) is 31.4 Å². The molecule has 0 spiro atoms. The molecule has 2 fully saturated rings. The van der Waals surface area contributed by atoms with E-state index in [4.69, 9.17) is 9.41 Å². The van der Waals surface area contributed by atoms with Crippen molar-refractivity contribution in [3.8, 4) is 0 Å². The summed E-state index contributed by atoms with van der Waals surface area (Å²) in [7, 11) is 0. The Bertz CT molecular complexity index is 602. The number of hydrogen-bond donors (Lipinski definition) is 1. The lowest BCUT2D eigenvalue weighted by molar-refractivity contribution is -0.131. The second-order valence-electron chi connectivity index (χ2n) is 7.67. The third-order valence-electron chi connectivity index (χ3n) is 5.50. The van der Waals surface area contributed by atoms with E-state index in [1.165, 1.54) is 0 Å². The largest absolute Gasteiger partial charge is 0.469 e. The first-order valence-electron chi connectivity index (χ1n) is 10.8. The van der Waals surface area contributed by atoms with E-state index in [1.54, 1.807) is 6.26 Å². The van der Waals surface area contributed by atoms with Crippen molar-refractivity contribution in [2.75, 3.05) is 58.9 Å². The molecule has 0 atom stereocenters. The van der Waals surface area contributed by atoms with Crippen LogP contribution in [0.2, 0.25) is 0 Å². The van der Waals surface area contributed by atoms with Crippen LogP contribution in [0.5, 0.6) is 0 Å². The summed E-state index contributed by atoms with van der Waals surface area (Å²) < 4.78 is 5.42. The molecule has 2 saturated heterocycles. The first-order valence-corrected chi connectivity index (χ1v) is 10.8. The highest BCUT2D eigenvalue weighted by atomic mass is 16.3. The van der Waals surface area contributed by atoms with Crippen LogP contribution in [0, 0.1) is 0 Å². The average Bonchev–Trinajstić information content (AvgIpc) is 3.42. The highest BCUT2D eigenvalue weighted by molar-refractivity contribution is 5.80. The van der Waals surface area contributed by atoms with E-state index in [0.29, 0.717) is 12.5 Å². The van der Waals surface area contributed by atoms with Crippen LogP contribution >= 0.6 is 0 Å². The van der Waals surface area contributed by atoms with Gasteiger partial charge in [0.15, 0.2) is 5.96 Å². The summed E-state index contributed by atoms with van der Waals surface area (Å²) in [4.78, 5) is 23.8. The number of likely N-dealkylation sites (tertiary alicyclic amines) is 1. The number of nitrogens with zero attached hydrogens (tertiary/aromatic N) is 4. The number of carbonyl (C=O) groups excluding carboxylic acids is 1. The number of aliphatic imine (C=N–C) groups is 1. The monoisotopic (exact) mass is 389 g/mol. The highest BCUT2D eigenvalue weighted by Crippen LogP contribution is 2.10. The van der Waals surface area contributed by atoms with Gasteiger partial charge in [0.25, 0.3) is 0 Å². The van der Waals surface area contributed by atoms with Crippen LogP contribution in [0.15, 0.2) is 27.8 Å². The summed E-state index contributed by atoms with van der Waals surface area (Å²) in [6.07, 6.45) is 7.13. The quantitative estimate of drug-likeness (QED) is 0.417. The van der Waals surface area contributed by atoms with Gasteiger partial charge >= 0.3 is 0 Å². The predicted molar refractivity (Wildman–Crippen MR) is 111 cm³/mol. The molecule has 3 heterocycles. The topological polar surface area (TPSA) is 64.3 Å². The van der Waals surface area contributed by atoms with E-state index in [9.17, 15) is 4.79 Å². The molecule has 0 aliphatic carbocycles. The van der Waals surface area contributed by atoms with Gasteiger partial charge in [0.2, 0.25) is 5.91 Å². The van der Waals surface area contributed by atoms with E-state index in [0.717, 1.165) is 96.2 Å². The molecule has 7 nitrogen and oxygen atoms in total. The Morgan fingerprint density at radius 1 is 1.14 bits per heavy atom. The van der Waals surface area contributed by atoms with Crippen LogP contribution < -0.4 is 5.32 Å². The molecular weight excluding hydrogens is 354 g/mol. The molecule has 1 aromatic heterocycles. The van der Waals surface area contributed by atoms with Gasteiger partial charge in [-0.25, -0.2) is 0 Å². The van der Waals surface area contributed by atoms with Crippen LogP contribution in [0.25, 0.3) is 0 Å². The molecule has 0 saturated carbocycles. The van der Waals surface area contributed by atoms with Crippen molar-refractivity contribution in [2.24, 2.45) is 4.99 Å². The van der Waals surface area contributed by atoms with Gasteiger partial charge in [-0.1, -0.05) is 13.3 Å². The molecule has 2 aliphatic rings. The summed E-state index contributed by atoms with van der Waals surface area (Å²) >= 11 is 0. The number of nitrogens with one attached hydrogen (secondary N) is 1. The van der Waals surface area contributed by atoms with E-state index in [1.807, 2.05) is 17.0 Å². The first-order chi connectivity index (χ1) is 13.8. The van der Waals surface area contributed by atoms with Gasteiger partial charge in [-0.15, -0.1) is 0 Å². The zero-order chi connectivity index (χ0) is 19.6. The number of piperazine rings is 1. The second-order valence-corrected chi connectivity index (χ2v) is 7.67. The lowest BCUT2D eigenvalue weighted by atomic mass is 10.3. The maximum atomic E-state index is 12.4. The third-order valence-corrected chi connectivity index (χ3v) is 5.50. The van der Waals surface area contributed by atoms with Crippen LogP contribution in [0.4, 0.5) is 0 Å². The normalized spacial score (nSPS) is 18.7. The fraction of sp³-hybridized carbons (Fsp3) is 0.714. The molecule has 0 unspecified atom stereocenters. The van der Waals surface area contributed by atoms with Gasteiger partial charge in [0, 0.05) is 58.8 Å². The number of amides is 1. The van der Waals surface area contributed by atoms with Gasteiger partial charge in [0.1, 0.15) is 5.76 Å². The summed E-state index contributed by atoms with van der Waals surface area (Å²) in [5, 5.41) is 3.51. The van der Waals surface area contributed by atoms with Crippen molar-refractivity contribution < 1.29 is 9.21 Å². The van der Waals surface area contributed by atoms with E-state index >= 15 is 0 Å². The van der Waals surface area contributed by atoms with Gasteiger partial charge in [-0.2, -0.15) is 0 Å². The standard InChI is InChI=1S/C21H35N5O2/c1-2-3-9-22-21(23-10-8-19-7-6-17-28-19)26-15-13-24(14-16-26)18-20(27)25-11-4-5-12-25/h6-7,17H,2-5,8-16,18H2,1H3,(H,22,23). The molecule has 28 heavy (non-hydrogen) atoms. The molecule has 156 valence electrons. The predicted octanol–water partition coefficient (Wildman–Crippen LogP) is 1.81. The van der Waals surface area contributed by atoms with Crippen molar-refractivity contribution in [2.45, 2.75) is 39.0 Å². The Morgan fingerprint density at radius 3 is 2.61 bits per heavy atom. The van der Waals surface area contributed by atoms with Crippen LogP contribution in [-0.2, 0) is 11.2 Å². The summed E-state index contributed by atoms with van der Waals surface area (Å²) in [5.41, 5.74) is 0. The zero-order valence-electron chi connectivity index (χ0n) is 17.2.